The quantitative estimate of drug-likeness (QED) is 0.522. The van der Waals surface area contributed by atoms with Crippen molar-refractivity contribution < 1.29 is 4.39 Å². The summed E-state index contributed by atoms with van der Waals surface area (Å²) < 4.78 is 15.2. The van der Waals surface area contributed by atoms with E-state index >= 15 is 0 Å². The maximum Gasteiger partial charge on any atom is 0.273 e. The summed E-state index contributed by atoms with van der Waals surface area (Å²) in [5, 5.41) is 20.7. The first-order valence-electron chi connectivity index (χ1n) is 8.64. The van der Waals surface area contributed by atoms with Gasteiger partial charge in [0, 0.05) is 0 Å². The Kier molecular flexibility index (Phi) is 4.78. The van der Waals surface area contributed by atoms with Crippen molar-refractivity contribution in [1.29, 1.82) is 10.5 Å². The summed E-state index contributed by atoms with van der Waals surface area (Å²) in [6.45, 7) is 0. The summed E-state index contributed by atoms with van der Waals surface area (Å²) in [6.07, 6.45) is 1.76. The van der Waals surface area contributed by atoms with Gasteiger partial charge in [0.2, 0.25) is 0 Å². The van der Waals surface area contributed by atoms with Crippen LogP contribution in [0.25, 0.3) is 28.1 Å². The Bertz CT molecular complexity index is 1480. The summed E-state index contributed by atoms with van der Waals surface area (Å²) in [5.41, 5.74) is 0.708. The van der Waals surface area contributed by atoms with Crippen LogP contribution in [0.1, 0.15) is 5.56 Å². The molecule has 1 aromatic heterocycles. The van der Waals surface area contributed by atoms with Crippen LogP contribution >= 0.6 is 11.3 Å². The molecule has 0 N–H and O–H groups in total. The summed E-state index contributed by atoms with van der Waals surface area (Å²) in [5.74, 6) is -0.439. The van der Waals surface area contributed by atoms with Gasteiger partial charge >= 0.3 is 0 Å². The zero-order valence-electron chi connectivity index (χ0n) is 15.0. The molecule has 4 aromatic rings. The summed E-state index contributed by atoms with van der Waals surface area (Å²) >= 11 is 1.06. The number of thiazole rings is 1. The second-order valence-electron chi connectivity index (χ2n) is 6.20. The average molecular weight is 397 g/mol. The molecule has 0 bridgehead atoms. The molecule has 138 valence electrons. The third-order valence-corrected chi connectivity index (χ3v) is 5.55. The highest BCUT2D eigenvalue weighted by Crippen LogP contribution is 2.18. The van der Waals surface area contributed by atoms with E-state index in [1.807, 2.05) is 54.6 Å². The molecule has 0 aliphatic heterocycles. The lowest BCUT2D eigenvalue weighted by atomic mass is 10.0. The first-order chi connectivity index (χ1) is 14.1. The van der Waals surface area contributed by atoms with Crippen LogP contribution in [0, 0.1) is 28.5 Å². The Morgan fingerprint density at radius 3 is 2.38 bits per heavy atom. The van der Waals surface area contributed by atoms with Gasteiger partial charge in [-0.05, 0) is 46.7 Å². The summed E-state index contributed by atoms with van der Waals surface area (Å²) in [7, 11) is 0. The van der Waals surface area contributed by atoms with Gasteiger partial charge in [-0.25, -0.2) is 4.39 Å². The van der Waals surface area contributed by atoms with Gasteiger partial charge in [-0.15, -0.1) is 11.3 Å². The Hall–Kier alpha value is -4.00. The number of halogens is 1. The minimum atomic E-state index is -0.439. The molecule has 0 spiro atoms. The number of hydrogen-bond acceptors (Lipinski definition) is 4. The van der Waals surface area contributed by atoms with E-state index in [-0.39, 0.29) is 15.8 Å². The molecule has 0 aliphatic rings. The number of hydrogen-bond donors (Lipinski definition) is 0. The minimum absolute atomic E-state index is 0.172. The van der Waals surface area contributed by atoms with E-state index in [1.165, 1.54) is 28.8 Å². The van der Waals surface area contributed by atoms with Crippen molar-refractivity contribution in [2.75, 3.05) is 0 Å². The van der Waals surface area contributed by atoms with Crippen LogP contribution in [-0.4, -0.2) is 4.57 Å². The van der Waals surface area contributed by atoms with Crippen molar-refractivity contribution in [3.63, 3.8) is 0 Å². The van der Waals surface area contributed by atoms with E-state index in [4.69, 9.17) is 0 Å². The van der Waals surface area contributed by atoms with Crippen molar-refractivity contribution in [1.82, 2.24) is 4.57 Å². The number of nitrogens with zero attached hydrogens (tertiary/aromatic N) is 3. The molecule has 6 heteroatoms. The van der Waals surface area contributed by atoms with Gasteiger partial charge in [0.15, 0.2) is 5.57 Å². The Morgan fingerprint density at radius 1 is 0.966 bits per heavy atom. The fourth-order valence-corrected chi connectivity index (χ4v) is 4.16. The second-order valence-corrected chi connectivity index (χ2v) is 7.23. The maximum atomic E-state index is 13.3. The third kappa shape index (κ3) is 3.34. The molecule has 0 aliphatic carbocycles. The third-order valence-electron chi connectivity index (χ3n) is 4.46. The predicted molar refractivity (Wildman–Crippen MR) is 111 cm³/mol. The van der Waals surface area contributed by atoms with E-state index in [0.29, 0.717) is 10.2 Å². The summed E-state index contributed by atoms with van der Waals surface area (Å²) in [4.78, 5) is 13.2. The van der Waals surface area contributed by atoms with Crippen molar-refractivity contribution >= 4 is 33.8 Å². The van der Waals surface area contributed by atoms with Gasteiger partial charge < -0.3 is 0 Å². The largest absolute Gasteiger partial charge is 0.273 e. The van der Waals surface area contributed by atoms with Gasteiger partial charge in [-0.2, -0.15) is 10.5 Å². The molecule has 0 amide bonds. The molecule has 4 nitrogen and oxygen atoms in total. The number of nitriles is 2. The van der Waals surface area contributed by atoms with Crippen molar-refractivity contribution in [3.8, 4) is 17.8 Å². The fraction of sp³-hybridized carbons (Fsp3) is 0. The zero-order valence-corrected chi connectivity index (χ0v) is 15.8. The first-order valence-corrected chi connectivity index (χ1v) is 9.46. The van der Waals surface area contributed by atoms with Crippen LogP contribution in [0.3, 0.4) is 0 Å². The van der Waals surface area contributed by atoms with E-state index in [0.717, 1.165) is 27.7 Å². The van der Waals surface area contributed by atoms with Gasteiger partial charge in [0.05, 0.1) is 10.2 Å². The van der Waals surface area contributed by atoms with Crippen molar-refractivity contribution in [2.45, 2.75) is 0 Å². The number of aromatic nitrogens is 1. The van der Waals surface area contributed by atoms with E-state index in [1.54, 1.807) is 6.08 Å². The smallest absolute Gasteiger partial charge is 0.267 e. The minimum Gasteiger partial charge on any atom is -0.267 e. The molecule has 3 aromatic carbocycles. The summed E-state index contributed by atoms with van der Waals surface area (Å²) in [6, 6.07) is 22.7. The number of fused-ring (bicyclic) bond motifs is 1. The zero-order chi connectivity index (χ0) is 20.4. The Balaban J connectivity index is 2.08. The van der Waals surface area contributed by atoms with E-state index in [2.05, 4.69) is 0 Å². The lowest BCUT2D eigenvalue weighted by Gasteiger charge is -2.02. The van der Waals surface area contributed by atoms with E-state index in [9.17, 15) is 19.7 Å². The molecular weight excluding hydrogens is 385 g/mol. The highest BCUT2D eigenvalue weighted by molar-refractivity contribution is 7.07. The SMILES string of the molecule is N#CC(C#N)=c1s/c(=C/c2cccc3ccccc23)c(=O)n1-c1ccc(F)cc1. The molecule has 0 saturated carbocycles. The first kappa shape index (κ1) is 18.4. The van der Waals surface area contributed by atoms with Crippen LogP contribution < -0.4 is 14.8 Å². The molecule has 0 atom stereocenters. The molecule has 0 unspecified atom stereocenters. The van der Waals surface area contributed by atoms with Crippen LogP contribution in [0.4, 0.5) is 4.39 Å². The molecule has 0 radical (unpaired) electrons. The molecule has 0 fully saturated rings. The number of benzene rings is 3. The predicted octanol–water partition coefficient (Wildman–Crippen LogP) is 3.22. The van der Waals surface area contributed by atoms with Crippen LogP contribution in [0.5, 0.6) is 0 Å². The van der Waals surface area contributed by atoms with Crippen LogP contribution in [0.2, 0.25) is 0 Å². The Morgan fingerprint density at radius 2 is 1.66 bits per heavy atom. The van der Waals surface area contributed by atoms with Crippen LogP contribution in [-0.2, 0) is 0 Å². The average Bonchev–Trinajstić information content (AvgIpc) is 3.06. The van der Waals surface area contributed by atoms with Gasteiger partial charge in [-0.3, -0.25) is 9.36 Å². The topological polar surface area (TPSA) is 69.6 Å². The standard InChI is InChI=1S/C23H12FN3OS/c24-18-8-10-19(11-9-18)27-22(28)21(29-23(27)17(13-25)14-26)12-16-6-3-5-15-4-1-2-7-20(15)16/h1-12H/b21-12+. The molecule has 1 heterocycles. The maximum absolute atomic E-state index is 13.3. The Labute approximate surface area is 168 Å². The monoisotopic (exact) mass is 397 g/mol. The van der Waals surface area contributed by atoms with Gasteiger partial charge in [-0.1, -0.05) is 42.5 Å². The molecule has 29 heavy (non-hydrogen) atoms. The highest BCUT2D eigenvalue weighted by Gasteiger charge is 2.11. The lowest BCUT2D eigenvalue weighted by Crippen LogP contribution is -2.30. The lowest BCUT2D eigenvalue weighted by molar-refractivity contribution is 0.627. The molecular formula is C23H12FN3OS. The number of rotatable bonds is 2. The second kappa shape index (κ2) is 7.55. The van der Waals surface area contributed by atoms with Gasteiger partial charge in [0.25, 0.3) is 5.56 Å². The van der Waals surface area contributed by atoms with E-state index < -0.39 is 5.82 Å². The highest BCUT2D eigenvalue weighted by atomic mass is 32.1. The molecule has 4 rings (SSSR count). The van der Waals surface area contributed by atoms with Crippen molar-refractivity contribution in [2.24, 2.45) is 0 Å². The van der Waals surface area contributed by atoms with Crippen molar-refractivity contribution in [3.05, 3.63) is 97.7 Å². The molecule has 0 saturated heterocycles. The normalized spacial score (nSPS) is 11.2. The fourth-order valence-electron chi connectivity index (χ4n) is 3.11. The van der Waals surface area contributed by atoms with Crippen LogP contribution in [0.15, 0.2) is 71.5 Å². The van der Waals surface area contributed by atoms with Gasteiger partial charge in [0.1, 0.15) is 22.6 Å².